The van der Waals surface area contributed by atoms with E-state index in [0.29, 0.717) is 5.56 Å². The molecule has 1 N–H and O–H groups in total. The van der Waals surface area contributed by atoms with Crippen molar-refractivity contribution in [3.05, 3.63) is 35.1 Å². The summed E-state index contributed by atoms with van der Waals surface area (Å²) in [6, 6.07) is 4.39. The molecule has 1 atom stereocenters. The summed E-state index contributed by atoms with van der Waals surface area (Å²) >= 11 is 0. The summed E-state index contributed by atoms with van der Waals surface area (Å²) in [7, 11) is 0. The van der Waals surface area contributed by atoms with Gasteiger partial charge in [0.05, 0.1) is 0 Å². The lowest BCUT2D eigenvalue weighted by Crippen LogP contribution is -2.04. The Morgan fingerprint density at radius 1 is 1.46 bits per heavy atom. The van der Waals surface area contributed by atoms with Crippen LogP contribution < -0.4 is 0 Å². The van der Waals surface area contributed by atoms with Crippen LogP contribution in [0.2, 0.25) is 0 Å². The van der Waals surface area contributed by atoms with E-state index in [1.165, 1.54) is 12.1 Å². The molecule has 0 aliphatic heterocycles. The molecule has 1 rings (SSSR count). The SMILES string of the molecule is CC(CO)c1cccc(F)c1CF. The van der Waals surface area contributed by atoms with E-state index in [0.717, 1.165) is 0 Å². The minimum atomic E-state index is -0.827. The molecule has 1 nitrogen and oxygen atoms in total. The highest BCUT2D eigenvalue weighted by atomic mass is 19.1. The number of aliphatic hydroxyl groups is 1. The highest BCUT2D eigenvalue weighted by molar-refractivity contribution is 5.30. The number of hydrogen-bond acceptors (Lipinski definition) is 1. The van der Waals surface area contributed by atoms with Crippen molar-refractivity contribution in [1.29, 1.82) is 0 Å². The highest BCUT2D eigenvalue weighted by Gasteiger charge is 2.12. The van der Waals surface area contributed by atoms with Crippen molar-refractivity contribution in [1.82, 2.24) is 0 Å². The summed E-state index contributed by atoms with van der Waals surface area (Å²) in [6.07, 6.45) is 0. The maximum atomic E-state index is 13.0. The zero-order chi connectivity index (χ0) is 9.84. The third kappa shape index (κ3) is 2.04. The Labute approximate surface area is 76.0 Å². The Kier molecular flexibility index (Phi) is 3.37. The van der Waals surface area contributed by atoms with Crippen LogP contribution in [0.4, 0.5) is 8.78 Å². The van der Waals surface area contributed by atoms with Gasteiger partial charge < -0.3 is 5.11 Å². The second kappa shape index (κ2) is 4.33. The topological polar surface area (TPSA) is 20.2 Å². The van der Waals surface area contributed by atoms with Gasteiger partial charge in [0.2, 0.25) is 0 Å². The van der Waals surface area contributed by atoms with Crippen molar-refractivity contribution in [2.45, 2.75) is 19.5 Å². The monoisotopic (exact) mass is 186 g/mol. The second-order valence-electron chi connectivity index (χ2n) is 3.02. The molecule has 0 bridgehead atoms. The maximum absolute atomic E-state index is 13.0. The molecule has 1 unspecified atom stereocenters. The highest BCUT2D eigenvalue weighted by Crippen LogP contribution is 2.22. The number of alkyl halides is 1. The summed E-state index contributed by atoms with van der Waals surface area (Å²) in [4.78, 5) is 0. The lowest BCUT2D eigenvalue weighted by molar-refractivity contribution is 0.271. The average Bonchev–Trinajstić information content (AvgIpc) is 2.16. The second-order valence-corrected chi connectivity index (χ2v) is 3.02. The molecule has 0 saturated carbocycles. The molecule has 3 heteroatoms. The molecular weight excluding hydrogens is 174 g/mol. The molecule has 0 aromatic heterocycles. The summed E-state index contributed by atoms with van der Waals surface area (Å²) in [6.45, 7) is 0.802. The van der Waals surface area contributed by atoms with Crippen LogP contribution in [0.15, 0.2) is 18.2 Å². The molecule has 0 heterocycles. The molecule has 0 radical (unpaired) electrons. The summed E-state index contributed by atoms with van der Waals surface area (Å²) in [5, 5.41) is 8.85. The van der Waals surface area contributed by atoms with Crippen LogP contribution in [-0.4, -0.2) is 11.7 Å². The molecule has 0 amide bonds. The number of hydrogen-bond donors (Lipinski definition) is 1. The molecule has 0 fully saturated rings. The van der Waals surface area contributed by atoms with Gasteiger partial charge in [0.15, 0.2) is 0 Å². The molecule has 1 aromatic rings. The van der Waals surface area contributed by atoms with E-state index in [4.69, 9.17) is 5.11 Å². The quantitative estimate of drug-likeness (QED) is 0.768. The zero-order valence-electron chi connectivity index (χ0n) is 7.43. The van der Waals surface area contributed by atoms with Gasteiger partial charge >= 0.3 is 0 Å². The first-order valence-electron chi connectivity index (χ1n) is 4.14. The smallest absolute Gasteiger partial charge is 0.129 e. The Hall–Kier alpha value is -0.960. The Balaban J connectivity index is 3.12. The van der Waals surface area contributed by atoms with Gasteiger partial charge in [0.1, 0.15) is 12.5 Å². The van der Waals surface area contributed by atoms with Crippen molar-refractivity contribution in [2.75, 3.05) is 6.61 Å². The largest absolute Gasteiger partial charge is 0.396 e. The molecule has 72 valence electrons. The Morgan fingerprint density at radius 3 is 2.69 bits per heavy atom. The molecule has 0 aliphatic rings. The Morgan fingerprint density at radius 2 is 2.15 bits per heavy atom. The number of rotatable bonds is 3. The first kappa shape index (κ1) is 10.1. The standard InChI is InChI=1S/C10H12F2O/c1-7(6-13)8-3-2-4-10(12)9(8)5-11/h2-4,7,13H,5-6H2,1H3. The molecule has 0 saturated heterocycles. The van der Waals surface area contributed by atoms with Crippen LogP contribution in [0.3, 0.4) is 0 Å². The Bertz CT molecular complexity index is 286. The minimum absolute atomic E-state index is 0.0593. The average molecular weight is 186 g/mol. The normalized spacial score (nSPS) is 12.9. The van der Waals surface area contributed by atoms with Gasteiger partial charge in [-0.15, -0.1) is 0 Å². The van der Waals surface area contributed by atoms with Gasteiger partial charge in [-0.1, -0.05) is 19.1 Å². The van der Waals surface area contributed by atoms with Crippen LogP contribution in [0.5, 0.6) is 0 Å². The van der Waals surface area contributed by atoms with E-state index >= 15 is 0 Å². The molecule has 1 aromatic carbocycles. The van der Waals surface area contributed by atoms with Crippen molar-refractivity contribution in [3.63, 3.8) is 0 Å². The van der Waals surface area contributed by atoms with Crippen molar-refractivity contribution in [2.24, 2.45) is 0 Å². The predicted molar refractivity (Wildman–Crippen MR) is 46.7 cm³/mol. The number of aliphatic hydroxyl groups excluding tert-OH is 1. The third-order valence-corrected chi connectivity index (χ3v) is 2.09. The lowest BCUT2D eigenvalue weighted by atomic mass is 9.96. The van der Waals surface area contributed by atoms with E-state index in [1.54, 1.807) is 13.0 Å². The van der Waals surface area contributed by atoms with Crippen LogP contribution in [-0.2, 0) is 6.67 Å². The van der Waals surface area contributed by atoms with Crippen molar-refractivity contribution in [3.8, 4) is 0 Å². The predicted octanol–water partition coefficient (Wildman–Crippen LogP) is 2.39. The van der Waals surface area contributed by atoms with Gasteiger partial charge in [0.25, 0.3) is 0 Å². The first-order valence-corrected chi connectivity index (χ1v) is 4.14. The van der Waals surface area contributed by atoms with E-state index < -0.39 is 12.5 Å². The van der Waals surface area contributed by atoms with E-state index in [-0.39, 0.29) is 18.1 Å². The van der Waals surface area contributed by atoms with Crippen LogP contribution >= 0.6 is 0 Å². The summed E-state index contributed by atoms with van der Waals surface area (Å²) in [5.74, 6) is -0.762. The summed E-state index contributed by atoms with van der Waals surface area (Å²) in [5.41, 5.74) is 0.606. The minimum Gasteiger partial charge on any atom is -0.396 e. The van der Waals surface area contributed by atoms with Crippen molar-refractivity contribution >= 4 is 0 Å². The van der Waals surface area contributed by atoms with E-state index in [9.17, 15) is 8.78 Å². The molecule has 13 heavy (non-hydrogen) atoms. The van der Waals surface area contributed by atoms with Gasteiger partial charge in [-0.25, -0.2) is 8.78 Å². The fourth-order valence-corrected chi connectivity index (χ4v) is 1.28. The third-order valence-electron chi connectivity index (χ3n) is 2.09. The molecule has 0 aliphatic carbocycles. The molecule has 0 spiro atoms. The number of benzene rings is 1. The van der Waals surface area contributed by atoms with E-state index in [2.05, 4.69) is 0 Å². The lowest BCUT2D eigenvalue weighted by Gasteiger charge is -2.12. The van der Waals surface area contributed by atoms with Gasteiger partial charge in [-0.2, -0.15) is 0 Å². The zero-order valence-corrected chi connectivity index (χ0v) is 7.43. The van der Waals surface area contributed by atoms with Crippen LogP contribution in [0.1, 0.15) is 24.0 Å². The van der Waals surface area contributed by atoms with Gasteiger partial charge in [-0.05, 0) is 11.6 Å². The van der Waals surface area contributed by atoms with Crippen LogP contribution in [0.25, 0.3) is 0 Å². The fraction of sp³-hybridized carbons (Fsp3) is 0.400. The van der Waals surface area contributed by atoms with E-state index in [1.807, 2.05) is 0 Å². The van der Waals surface area contributed by atoms with Crippen LogP contribution in [0, 0.1) is 5.82 Å². The first-order chi connectivity index (χ1) is 6.20. The van der Waals surface area contributed by atoms with Gasteiger partial charge in [-0.3, -0.25) is 0 Å². The number of halogens is 2. The van der Waals surface area contributed by atoms with Gasteiger partial charge in [0, 0.05) is 18.1 Å². The fourth-order valence-electron chi connectivity index (χ4n) is 1.28. The maximum Gasteiger partial charge on any atom is 0.129 e. The van der Waals surface area contributed by atoms with Crippen molar-refractivity contribution < 1.29 is 13.9 Å². The molecular formula is C10H12F2O. The summed E-state index contributed by atoms with van der Waals surface area (Å²) < 4.78 is 25.4.